The van der Waals surface area contributed by atoms with E-state index in [9.17, 15) is 19.2 Å². The Labute approximate surface area is 191 Å². The molecule has 2 unspecified atom stereocenters. The number of benzene rings is 2. The molecule has 0 bridgehead atoms. The molecule has 1 aromatic heterocycles. The van der Waals surface area contributed by atoms with Crippen LogP contribution in [0.1, 0.15) is 46.7 Å². The van der Waals surface area contributed by atoms with Gasteiger partial charge in [-0.05, 0) is 37.1 Å². The Bertz CT molecular complexity index is 1270. The zero-order valence-corrected chi connectivity index (χ0v) is 19.0. The molecule has 3 amide bonds. The lowest BCUT2D eigenvalue weighted by atomic mass is 9.96. The van der Waals surface area contributed by atoms with Crippen LogP contribution in [-0.4, -0.2) is 38.0 Å². The summed E-state index contributed by atoms with van der Waals surface area (Å²) >= 11 is 0. The summed E-state index contributed by atoms with van der Waals surface area (Å²) < 4.78 is 3.12. The zero-order valence-electron chi connectivity index (χ0n) is 19.0. The molecule has 0 saturated heterocycles. The maximum absolute atomic E-state index is 13.5. The van der Waals surface area contributed by atoms with E-state index < -0.39 is 23.8 Å². The molecule has 3 aromatic rings. The van der Waals surface area contributed by atoms with Gasteiger partial charge in [-0.25, -0.2) is 4.68 Å². The van der Waals surface area contributed by atoms with E-state index in [0.29, 0.717) is 17.8 Å². The summed E-state index contributed by atoms with van der Waals surface area (Å²) in [5.41, 5.74) is 1.52. The minimum Gasteiger partial charge on any atom is -0.318 e. The first kappa shape index (κ1) is 22.3. The van der Waals surface area contributed by atoms with Crippen molar-refractivity contribution in [2.45, 2.75) is 33.2 Å². The lowest BCUT2D eigenvalue weighted by Crippen LogP contribution is -2.51. The van der Waals surface area contributed by atoms with E-state index in [-0.39, 0.29) is 28.3 Å². The van der Waals surface area contributed by atoms with Gasteiger partial charge in [0.15, 0.2) is 0 Å². The summed E-state index contributed by atoms with van der Waals surface area (Å²) in [4.78, 5) is 53.9. The second-order valence-electron chi connectivity index (χ2n) is 8.28. The van der Waals surface area contributed by atoms with Gasteiger partial charge in [0.05, 0.1) is 22.5 Å². The molecule has 2 heterocycles. The van der Waals surface area contributed by atoms with Crippen molar-refractivity contribution in [3.63, 3.8) is 0 Å². The number of amides is 3. The maximum Gasteiger partial charge on any atom is 0.295 e. The van der Waals surface area contributed by atoms with Crippen molar-refractivity contribution in [1.82, 2.24) is 14.3 Å². The Balaban J connectivity index is 1.72. The van der Waals surface area contributed by atoms with Crippen LogP contribution in [0.4, 0.5) is 5.69 Å². The number of nitrogens with one attached hydrogen (secondary N) is 1. The molecule has 4 rings (SSSR count). The lowest BCUT2D eigenvalue weighted by molar-refractivity contribution is -0.121. The molecule has 0 radical (unpaired) electrons. The Hall–Kier alpha value is -3.94. The average Bonchev–Trinajstić information content (AvgIpc) is 3.19. The predicted octanol–water partition coefficient (Wildman–Crippen LogP) is 3.13. The smallest absolute Gasteiger partial charge is 0.295 e. The van der Waals surface area contributed by atoms with E-state index in [4.69, 9.17) is 0 Å². The van der Waals surface area contributed by atoms with Gasteiger partial charge in [0.2, 0.25) is 5.91 Å². The Kier molecular flexibility index (Phi) is 5.76. The third-order valence-electron chi connectivity index (χ3n) is 6.36. The minimum absolute atomic E-state index is 0.122. The van der Waals surface area contributed by atoms with Crippen molar-refractivity contribution in [3.8, 4) is 5.69 Å². The number of fused-ring (bicyclic) bond motifs is 1. The van der Waals surface area contributed by atoms with E-state index in [2.05, 4.69) is 5.32 Å². The average molecular weight is 447 g/mol. The van der Waals surface area contributed by atoms with E-state index in [0.717, 1.165) is 4.90 Å². The van der Waals surface area contributed by atoms with Gasteiger partial charge in [0.1, 0.15) is 11.7 Å². The number of anilines is 1. The topological polar surface area (TPSA) is 93.4 Å². The van der Waals surface area contributed by atoms with Gasteiger partial charge >= 0.3 is 0 Å². The van der Waals surface area contributed by atoms with Gasteiger partial charge in [-0.2, -0.15) is 0 Å². The zero-order chi connectivity index (χ0) is 23.9. The monoisotopic (exact) mass is 446 g/mol. The largest absolute Gasteiger partial charge is 0.318 e. The standard InChI is InChI=1S/C25H26N4O4/c1-5-15(2)21(28-23(31)18-13-9-10-14-19(18)24(28)32)22(30)26-20-16(3)27(4)29(25(20)33)17-11-7-6-8-12-17/h6-15,21H,5H2,1-4H3,(H,26,30). The number of imide groups is 1. The first-order valence-electron chi connectivity index (χ1n) is 10.9. The van der Waals surface area contributed by atoms with Crippen molar-refractivity contribution in [3.05, 3.63) is 81.8 Å². The molecule has 1 aliphatic rings. The summed E-state index contributed by atoms with van der Waals surface area (Å²) in [7, 11) is 1.73. The van der Waals surface area contributed by atoms with Gasteiger partial charge in [0, 0.05) is 7.05 Å². The minimum atomic E-state index is -1.05. The van der Waals surface area contributed by atoms with Crippen molar-refractivity contribution in [1.29, 1.82) is 0 Å². The van der Waals surface area contributed by atoms with Gasteiger partial charge in [-0.15, -0.1) is 0 Å². The molecule has 2 aromatic carbocycles. The van der Waals surface area contributed by atoms with Crippen LogP contribution in [0.15, 0.2) is 59.4 Å². The molecule has 0 spiro atoms. The maximum atomic E-state index is 13.5. The summed E-state index contributed by atoms with van der Waals surface area (Å²) in [6, 6.07) is 14.6. The van der Waals surface area contributed by atoms with Gasteiger partial charge in [-0.1, -0.05) is 50.6 Å². The molecule has 0 aliphatic carbocycles. The van der Waals surface area contributed by atoms with Crippen LogP contribution < -0.4 is 10.9 Å². The van der Waals surface area contributed by atoms with Crippen LogP contribution in [0.5, 0.6) is 0 Å². The predicted molar refractivity (Wildman–Crippen MR) is 125 cm³/mol. The normalized spacial score (nSPS) is 14.8. The fourth-order valence-corrected chi connectivity index (χ4v) is 4.22. The lowest BCUT2D eigenvalue weighted by Gasteiger charge is -2.29. The molecule has 0 fully saturated rings. The SMILES string of the molecule is CCC(C)C(C(=O)Nc1c(C)n(C)n(-c2ccccc2)c1=O)N1C(=O)c2ccccc2C1=O. The highest BCUT2D eigenvalue weighted by atomic mass is 16.2. The molecule has 170 valence electrons. The molecular weight excluding hydrogens is 420 g/mol. The summed E-state index contributed by atoms with van der Waals surface area (Å²) in [5, 5.41) is 2.73. The fourth-order valence-electron chi connectivity index (χ4n) is 4.22. The highest BCUT2D eigenvalue weighted by Crippen LogP contribution is 2.29. The van der Waals surface area contributed by atoms with Crippen LogP contribution >= 0.6 is 0 Å². The first-order chi connectivity index (χ1) is 15.8. The van der Waals surface area contributed by atoms with Crippen molar-refractivity contribution in [2.24, 2.45) is 13.0 Å². The second-order valence-corrected chi connectivity index (χ2v) is 8.28. The molecule has 0 saturated carbocycles. The van der Waals surface area contributed by atoms with Crippen LogP contribution in [0, 0.1) is 12.8 Å². The highest BCUT2D eigenvalue weighted by molar-refractivity contribution is 6.23. The second kappa shape index (κ2) is 8.54. The Morgan fingerprint density at radius 3 is 2.03 bits per heavy atom. The number of carbonyl (C=O) groups is 3. The molecule has 1 N–H and O–H groups in total. The molecule has 2 atom stereocenters. The number of rotatable bonds is 6. The number of nitrogens with zero attached hydrogens (tertiary/aromatic N) is 3. The van der Waals surface area contributed by atoms with E-state index in [1.165, 1.54) is 4.68 Å². The molecule has 1 aliphatic heterocycles. The van der Waals surface area contributed by atoms with Crippen molar-refractivity contribution < 1.29 is 14.4 Å². The quantitative estimate of drug-likeness (QED) is 0.589. The van der Waals surface area contributed by atoms with Crippen LogP contribution in [0.25, 0.3) is 5.69 Å². The summed E-state index contributed by atoms with van der Waals surface area (Å²) in [6.45, 7) is 5.43. The number of para-hydroxylation sites is 1. The van der Waals surface area contributed by atoms with Gasteiger partial charge in [-0.3, -0.25) is 28.8 Å². The highest BCUT2D eigenvalue weighted by Gasteiger charge is 2.44. The van der Waals surface area contributed by atoms with Gasteiger partial charge < -0.3 is 5.32 Å². The first-order valence-corrected chi connectivity index (χ1v) is 10.9. The van der Waals surface area contributed by atoms with Crippen molar-refractivity contribution >= 4 is 23.4 Å². The van der Waals surface area contributed by atoms with E-state index in [1.807, 2.05) is 32.0 Å². The summed E-state index contributed by atoms with van der Waals surface area (Å²) in [5.74, 6) is -1.87. The van der Waals surface area contributed by atoms with Crippen LogP contribution in [0.3, 0.4) is 0 Å². The molecule has 33 heavy (non-hydrogen) atoms. The van der Waals surface area contributed by atoms with Crippen LogP contribution in [0.2, 0.25) is 0 Å². The van der Waals surface area contributed by atoms with Gasteiger partial charge in [0.25, 0.3) is 17.4 Å². The third-order valence-corrected chi connectivity index (χ3v) is 6.36. The third kappa shape index (κ3) is 3.57. The van der Waals surface area contributed by atoms with E-state index >= 15 is 0 Å². The number of hydrogen-bond acceptors (Lipinski definition) is 4. The number of hydrogen-bond donors (Lipinski definition) is 1. The molecular formula is C25H26N4O4. The van der Waals surface area contributed by atoms with Crippen LogP contribution in [-0.2, 0) is 11.8 Å². The fraction of sp³-hybridized carbons (Fsp3) is 0.280. The number of carbonyl (C=O) groups excluding carboxylic acids is 3. The Morgan fingerprint density at radius 2 is 1.48 bits per heavy atom. The summed E-state index contributed by atoms with van der Waals surface area (Å²) in [6.07, 6.45) is 0.563. The molecule has 8 nitrogen and oxygen atoms in total. The molecule has 8 heteroatoms. The Morgan fingerprint density at radius 1 is 0.939 bits per heavy atom. The van der Waals surface area contributed by atoms with Crippen molar-refractivity contribution in [2.75, 3.05) is 5.32 Å². The van der Waals surface area contributed by atoms with E-state index in [1.54, 1.807) is 55.1 Å². The number of aromatic nitrogens is 2.